The molecule has 1 aromatic carbocycles. The number of anilines is 1. The highest BCUT2D eigenvalue weighted by Crippen LogP contribution is 2.19. The zero-order chi connectivity index (χ0) is 19.8. The minimum atomic E-state index is -0.210. The van der Waals surface area contributed by atoms with Crippen LogP contribution in [0.2, 0.25) is 0 Å². The molecule has 0 radical (unpaired) electrons. The third-order valence-corrected chi connectivity index (χ3v) is 4.97. The van der Waals surface area contributed by atoms with Gasteiger partial charge in [-0.3, -0.25) is 4.98 Å². The Morgan fingerprint density at radius 2 is 1.96 bits per heavy atom. The molecule has 2 heterocycles. The Hall–Kier alpha value is -2.60. The summed E-state index contributed by atoms with van der Waals surface area (Å²) in [7, 11) is 4.08. The van der Waals surface area contributed by atoms with Gasteiger partial charge in [0.05, 0.1) is 5.69 Å². The Kier molecular flexibility index (Phi) is 7.25. The van der Waals surface area contributed by atoms with E-state index in [-0.39, 0.29) is 6.09 Å². The zero-order valence-corrected chi connectivity index (χ0v) is 16.8. The van der Waals surface area contributed by atoms with E-state index in [0.717, 1.165) is 56.0 Å². The average molecular weight is 383 g/mol. The number of amides is 1. The molecule has 0 aliphatic carbocycles. The maximum atomic E-state index is 12.3. The Balaban J connectivity index is 1.39. The number of carbonyl (C=O) groups is 1. The molecule has 6 heteroatoms. The molecular formula is C22H30N4O2. The highest BCUT2D eigenvalue weighted by molar-refractivity contribution is 5.67. The Bertz CT molecular complexity index is 743. The van der Waals surface area contributed by atoms with Gasteiger partial charge in [0.15, 0.2) is 0 Å². The Morgan fingerprint density at radius 3 is 2.68 bits per heavy atom. The van der Waals surface area contributed by atoms with Crippen molar-refractivity contribution in [3.8, 4) is 0 Å². The number of ether oxygens (including phenoxy) is 1. The number of hydrogen-bond acceptors (Lipinski definition) is 5. The van der Waals surface area contributed by atoms with Crippen molar-refractivity contribution in [3.05, 3.63) is 59.9 Å². The van der Waals surface area contributed by atoms with E-state index in [1.165, 1.54) is 0 Å². The third kappa shape index (κ3) is 6.23. The molecule has 1 aliphatic heterocycles. The number of rotatable bonds is 7. The highest BCUT2D eigenvalue weighted by Gasteiger charge is 2.23. The van der Waals surface area contributed by atoms with Crippen LogP contribution in [0.5, 0.6) is 0 Å². The first-order chi connectivity index (χ1) is 13.6. The SMILES string of the molecule is CN(C)Cc1cc(NCC2CCN(C(=O)OCc3ccccc3)CC2)ccn1. The highest BCUT2D eigenvalue weighted by atomic mass is 16.6. The summed E-state index contributed by atoms with van der Waals surface area (Å²) in [5.41, 5.74) is 3.18. The second-order valence-electron chi connectivity index (χ2n) is 7.63. The quantitative estimate of drug-likeness (QED) is 0.793. The molecule has 1 aliphatic rings. The van der Waals surface area contributed by atoms with E-state index >= 15 is 0 Å². The molecule has 1 saturated heterocycles. The summed E-state index contributed by atoms with van der Waals surface area (Å²) >= 11 is 0. The topological polar surface area (TPSA) is 57.7 Å². The van der Waals surface area contributed by atoms with Gasteiger partial charge in [-0.05, 0) is 50.6 Å². The molecule has 1 amide bonds. The van der Waals surface area contributed by atoms with Crippen molar-refractivity contribution in [2.24, 2.45) is 5.92 Å². The number of pyridine rings is 1. The van der Waals surface area contributed by atoms with Crippen molar-refractivity contribution in [3.63, 3.8) is 0 Å². The summed E-state index contributed by atoms with van der Waals surface area (Å²) in [4.78, 5) is 20.6. The molecule has 0 saturated carbocycles. The van der Waals surface area contributed by atoms with Crippen LogP contribution in [-0.2, 0) is 17.9 Å². The van der Waals surface area contributed by atoms with Crippen LogP contribution in [-0.4, -0.2) is 54.6 Å². The monoisotopic (exact) mass is 382 g/mol. The van der Waals surface area contributed by atoms with Crippen LogP contribution < -0.4 is 5.32 Å². The Labute approximate surface area is 167 Å². The summed E-state index contributed by atoms with van der Waals surface area (Å²) in [6.07, 6.45) is 3.62. The van der Waals surface area contributed by atoms with E-state index in [9.17, 15) is 4.79 Å². The number of aromatic nitrogens is 1. The molecule has 0 unspecified atom stereocenters. The molecule has 0 atom stereocenters. The lowest BCUT2D eigenvalue weighted by molar-refractivity contribution is 0.0832. The normalized spacial score (nSPS) is 14.9. The summed E-state index contributed by atoms with van der Waals surface area (Å²) in [5.74, 6) is 0.559. The van der Waals surface area contributed by atoms with E-state index < -0.39 is 0 Å². The molecule has 1 aromatic heterocycles. The minimum Gasteiger partial charge on any atom is -0.445 e. The van der Waals surface area contributed by atoms with Gasteiger partial charge in [-0.1, -0.05) is 30.3 Å². The maximum absolute atomic E-state index is 12.3. The zero-order valence-electron chi connectivity index (χ0n) is 16.8. The predicted octanol–water partition coefficient (Wildman–Crippen LogP) is 3.60. The first-order valence-corrected chi connectivity index (χ1v) is 9.89. The number of piperidine rings is 1. The molecule has 6 nitrogen and oxygen atoms in total. The number of hydrogen-bond donors (Lipinski definition) is 1. The van der Waals surface area contributed by atoms with Crippen LogP contribution in [0.15, 0.2) is 48.7 Å². The fourth-order valence-corrected chi connectivity index (χ4v) is 3.39. The summed E-state index contributed by atoms with van der Waals surface area (Å²) < 4.78 is 5.44. The number of likely N-dealkylation sites (tertiary alicyclic amines) is 1. The molecule has 0 spiro atoms. The minimum absolute atomic E-state index is 0.210. The number of benzene rings is 1. The fraction of sp³-hybridized carbons (Fsp3) is 0.455. The standard InChI is InChI=1S/C22H30N4O2/c1-25(2)16-21-14-20(8-11-23-21)24-15-18-9-12-26(13-10-18)22(27)28-17-19-6-4-3-5-7-19/h3-8,11,14,18H,9-10,12-13,15-17H2,1-2H3,(H,23,24). The Morgan fingerprint density at radius 1 is 1.21 bits per heavy atom. The van der Waals surface area contributed by atoms with Crippen molar-refractivity contribution in [2.45, 2.75) is 26.0 Å². The molecule has 28 heavy (non-hydrogen) atoms. The van der Waals surface area contributed by atoms with Crippen molar-refractivity contribution >= 4 is 11.8 Å². The molecule has 0 bridgehead atoms. The lowest BCUT2D eigenvalue weighted by Crippen LogP contribution is -2.40. The molecule has 150 valence electrons. The number of carbonyl (C=O) groups excluding carboxylic acids is 1. The van der Waals surface area contributed by atoms with Crippen molar-refractivity contribution < 1.29 is 9.53 Å². The third-order valence-electron chi connectivity index (χ3n) is 4.97. The van der Waals surface area contributed by atoms with E-state index in [0.29, 0.717) is 12.5 Å². The van der Waals surface area contributed by atoms with Gasteiger partial charge in [-0.2, -0.15) is 0 Å². The van der Waals surface area contributed by atoms with E-state index in [2.05, 4.69) is 21.3 Å². The maximum Gasteiger partial charge on any atom is 0.410 e. The van der Waals surface area contributed by atoms with Gasteiger partial charge in [0.1, 0.15) is 6.61 Å². The van der Waals surface area contributed by atoms with Gasteiger partial charge in [-0.15, -0.1) is 0 Å². The lowest BCUT2D eigenvalue weighted by Gasteiger charge is -2.31. The number of nitrogens with zero attached hydrogens (tertiary/aromatic N) is 3. The fourth-order valence-electron chi connectivity index (χ4n) is 3.39. The first kappa shape index (κ1) is 20.1. The van der Waals surface area contributed by atoms with Crippen molar-refractivity contribution in [2.75, 3.05) is 39.0 Å². The second-order valence-corrected chi connectivity index (χ2v) is 7.63. The summed E-state index contributed by atoms with van der Waals surface area (Å²) in [5, 5.41) is 3.53. The van der Waals surface area contributed by atoms with Crippen LogP contribution in [0.4, 0.5) is 10.5 Å². The van der Waals surface area contributed by atoms with Crippen LogP contribution in [0.1, 0.15) is 24.1 Å². The van der Waals surface area contributed by atoms with Crippen molar-refractivity contribution in [1.82, 2.24) is 14.8 Å². The van der Waals surface area contributed by atoms with Crippen LogP contribution in [0.25, 0.3) is 0 Å². The lowest BCUT2D eigenvalue weighted by atomic mass is 9.97. The molecule has 3 rings (SSSR count). The van der Waals surface area contributed by atoms with Crippen molar-refractivity contribution in [1.29, 1.82) is 0 Å². The van der Waals surface area contributed by atoms with Crippen LogP contribution >= 0.6 is 0 Å². The largest absolute Gasteiger partial charge is 0.445 e. The van der Waals surface area contributed by atoms with Crippen LogP contribution in [0.3, 0.4) is 0 Å². The van der Waals surface area contributed by atoms with Crippen LogP contribution in [0, 0.1) is 5.92 Å². The summed E-state index contributed by atoms with van der Waals surface area (Å²) in [6.45, 7) is 3.58. The van der Waals surface area contributed by atoms with E-state index in [1.807, 2.05) is 61.6 Å². The number of nitrogens with one attached hydrogen (secondary N) is 1. The molecule has 2 aromatic rings. The molecule has 1 N–H and O–H groups in total. The van der Waals surface area contributed by atoms with Gasteiger partial charge < -0.3 is 19.9 Å². The van der Waals surface area contributed by atoms with E-state index in [1.54, 1.807) is 0 Å². The van der Waals surface area contributed by atoms with Gasteiger partial charge in [0.2, 0.25) is 0 Å². The van der Waals surface area contributed by atoms with E-state index in [4.69, 9.17) is 4.74 Å². The average Bonchev–Trinajstić information content (AvgIpc) is 2.71. The second kappa shape index (κ2) is 10.1. The smallest absolute Gasteiger partial charge is 0.410 e. The van der Waals surface area contributed by atoms with Gasteiger partial charge in [0.25, 0.3) is 0 Å². The van der Waals surface area contributed by atoms with Gasteiger partial charge >= 0.3 is 6.09 Å². The molecule has 1 fully saturated rings. The molecular weight excluding hydrogens is 352 g/mol. The predicted molar refractivity (Wildman–Crippen MR) is 111 cm³/mol. The first-order valence-electron chi connectivity index (χ1n) is 9.89. The summed E-state index contributed by atoms with van der Waals surface area (Å²) in [6, 6.07) is 13.9. The van der Waals surface area contributed by atoms with Gasteiger partial charge in [0, 0.05) is 38.1 Å². The van der Waals surface area contributed by atoms with Gasteiger partial charge in [-0.25, -0.2) is 4.79 Å².